The zero-order valence-corrected chi connectivity index (χ0v) is 17.4. The van der Waals surface area contributed by atoms with E-state index in [1.807, 2.05) is 4.90 Å². The highest BCUT2D eigenvalue weighted by Gasteiger charge is 2.31. The van der Waals surface area contributed by atoms with Gasteiger partial charge in [0.25, 0.3) is 0 Å². The maximum absolute atomic E-state index is 12.9. The summed E-state index contributed by atoms with van der Waals surface area (Å²) in [5, 5.41) is 0. The lowest BCUT2D eigenvalue weighted by molar-refractivity contribution is -0.137. The number of alkyl halides is 3. The van der Waals surface area contributed by atoms with Crippen LogP contribution in [0.4, 0.5) is 19.1 Å². The van der Waals surface area contributed by atoms with Crippen molar-refractivity contribution in [3.63, 3.8) is 0 Å². The molecule has 4 rings (SSSR count). The molecule has 0 unspecified atom stereocenters. The van der Waals surface area contributed by atoms with Crippen molar-refractivity contribution in [3.8, 4) is 11.1 Å². The molecule has 1 saturated heterocycles. The van der Waals surface area contributed by atoms with Crippen LogP contribution in [0.3, 0.4) is 0 Å². The number of nitrogens with two attached hydrogens (primary N) is 1. The maximum Gasteiger partial charge on any atom is 0.416 e. The summed E-state index contributed by atoms with van der Waals surface area (Å²) in [6.45, 7) is 1.29. The van der Waals surface area contributed by atoms with Crippen LogP contribution in [0.2, 0.25) is 0 Å². The number of hydrogen-bond acceptors (Lipinski definition) is 4. The van der Waals surface area contributed by atoms with Crippen molar-refractivity contribution in [2.24, 2.45) is 5.92 Å². The molecule has 8 heteroatoms. The first-order valence-electron chi connectivity index (χ1n) is 10.9. The zero-order chi connectivity index (χ0) is 22.0. The average Bonchev–Trinajstić information content (AvgIpc) is 3.26. The van der Waals surface area contributed by atoms with Gasteiger partial charge in [0.2, 0.25) is 11.9 Å². The second-order valence-corrected chi connectivity index (χ2v) is 8.64. The molecule has 1 aliphatic carbocycles. The first kappa shape index (κ1) is 21.6. The van der Waals surface area contributed by atoms with Gasteiger partial charge in [-0.25, -0.2) is 9.97 Å². The average molecular weight is 432 g/mol. The van der Waals surface area contributed by atoms with Crippen LogP contribution in [0.5, 0.6) is 0 Å². The van der Waals surface area contributed by atoms with E-state index in [-0.39, 0.29) is 17.8 Å². The third-order valence-corrected chi connectivity index (χ3v) is 6.46. The van der Waals surface area contributed by atoms with Crippen LogP contribution in [0.15, 0.2) is 30.5 Å². The summed E-state index contributed by atoms with van der Waals surface area (Å²) in [6.07, 6.45) is 4.16. The van der Waals surface area contributed by atoms with Crippen LogP contribution in [-0.4, -0.2) is 33.9 Å². The number of nitrogen functional groups attached to an aromatic ring is 1. The van der Waals surface area contributed by atoms with E-state index in [2.05, 4.69) is 9.97 Å². The van der Waals surface area contributed by atoms with Crippen LogP contribution < -0.4 is 5.73 Å². The molecule has 0 radical (unpaired) electrons. The summed E-state index contributed by atoms with van der Waals surface area (Å²) in [5.41, 5.74) is 7.12. The Morgan fingerprint density at radius 1 is 1.10 bits per heavy atom. The molecule has 0 spiro atoms. The lowest BCUT2D eigenvalue weighted by Gasteiger charge is -2.34. The number of aromatic nitrogens is 2. The zero-order valence-electron chi connectivity index (χ0n) is 17.4. The molecule has 2 aromatic rings. The number of anilines is 1. The fourth-order valence-electron chi connectivity index (χ4n) is 4.80. The van der Waals surface area contributed by atoms with E-state index in [4.69, 9.17) is 5.73 Å². The minimum atomic E-state index is -4.39. The van der Waals surface area contributed by atoms with Gasteiger partial charge in [0, 0.05) is 37.2 Å². The van der Waals surface area contributed by atoms with Crippen LogP contribution in [0.1, 0.15) is 62.1 Å². The first-order chi connectivity index (χ1) is 14.8. The van der Waals surface area contributed by atoms with Gasteiger partial charge in [-0.1, -0.05) is 25.0 Å². The topological polar surface area (TPSA) is 72.1 Å². The van der Waals surface area contributed by atoms with E-state index < -0.39 is 11.7 Å². The Hall–Kier alpha value is -2.64. The van der Waals surface area contributed by atoms with E-state index in [1.54, 1.807) is 6.20 Å². The monoisotopic (exact) mass is 432 g/mol. The molecule has 1 aromatic carbocycles. The van der Waals surface area contributed by atoms with Crippen molar-refractivity contribution >= 4 is 11.9 Å². The summed E-state index contributed by atoms with van der Waals surface area (Å²) in [7, 11) is 0. The summed E-state index contributed by atoms with van der Waals surface area (Å²) < 4.78 is 38.8. The number of halogens is 3. The number of carbonyl (C=O) groups excluding carboxylic acids is 1. The molecule has 1 aromatic heterocycles. The highest BCUT2D eigenvalue weighted by Crippen LogP contribution is 2.36. The molecule has 0 bridgehead atoms. The number of benzene rings is 1. The number of carbonyl (C=O) groups is 1. The maximum atomic E-state index is 12.9. The molecule has 1 atom stereocenters. The molecular weight excluding hydrogens is 405 g/mol. The third kappa shape index (κ3) is 4.99. The quantitative estimate of drug-likeness (QED) is 0.736. The van der Waals surface area contributed by atoms with Crippen molar-refractivity contribution in [2.75, 3.05) is 18.8 Å². The van der Waals surface area contributed by atoms with Gasteiger partial charge in [-0.2, -0.15) is 13.2 Å². The van der Waals surface area contributed by atoms with Crippen LogP contribution >= 0.6 is 0 Å². The minimum absolute atomic E-state index is 0.0242. The van der Waals surface area contributed by atoms with Crippen LogP contribution in [0, 0.1) is 5.92 Å². The molecule has 166 valence electrons. The van der Waals surface area contributed by atoms with Crippen molar-refractivity contribution < 1.29 is 18.0 Å². The molecule has 2 heterocycles. The Labute approximate surface area is 179 Å². The van der Waals surface area contributed by atoms with Gasteiger partial charge in [0.1, 0.15) is 0 Å². The van der Waals surface area contributed by atoms with Gasteiger partial charge >= 0.3 is 6.18 Å². The molecule has 2 aliphatic rings. The van der Waals surface area contributed by atoms with Crippen LogP contribution in [-0.2, 0) is 11.0 Å². The van der Waals surface area contributed by atoms with Crippen molar-refractivity contribution in [1.29, 1.82) is 0 Å². The number of rotatable bonds is 4. The summed E-state index contributed by atoms with van der Waals surface area (Å²) in [4.78, 5) is 23.3. The fraction of sp³-hybridized carbons (Fsp3) is 0.522. The SMILES string of the molecule is Nc1ncc(-c2ccc(C(F)(F)F)cc2)c([C@H]2CCCN(C(=O)CC3CCCC3)C2)n1. The minimum Gasteiger partial charge on any atom is -0.368 e. The normalized spacial score (nSPS) is 20.2. The number of piperidine rings is 1. The van der Waals surface area contributed by atoms with E-state index in [0.29, 0.717) is 35.7 Å². The number of nitrogens with zero attached hydrogens (tertiary/aromatic N) is 3. The second-order valence-electron chi connectivity index (χ2n) is 8.64. The highest BCUT2D eigenvalue weighted by atomic mass is 19.4. The van der Waals surface area contributed by atoms with E-state index in [9.17, 15) is 18.0 Å². The molecule has 2 fully saturated rings. The highest BCUT2D eigenvalue weighted by molar-refractivity contribution is 5.77. The van der Waals surface area contributed by atoms with Crippen molar-refractivity contribution in [1.82, 2.24) is 14.9 Å². The van der Waals surface area contributed by atoms with E-state index >= 15 is 0 Å². The smallest absolute Gasteiger partial charge is 0.368 e. The van der Waals surface area contributed by atoms with E-state index in [1.165, 1.54) is 25.0 Å². The van der Waals surface area contributed by atoms with Gasteiger partial charge in [-0.3, -0.25) is 4.79 Å². The predicted molar refractivity (Wildman–Crippen MR) is 112 cm³/mol. The van der Waals surface area contributed by atoms with Gasteiger partial charge in [0.15, 0.2) is 0 Å². The molecule has 1 saturated carbocycles. The summed E-state index contributed by atoms with van der Waals surface area (Å²) >= 11 is 0. The number of hydrogen-bond donors (Lipinski definition) is 1. The number of likely N-dealkylation sites (tertiary alicyclic amines) is 1. The molecule has 5 nitrogen and oxygen atoms in total. The standard InChI is InChI=1S/C23H27F3N4O/c24-23(25,26)18-9-7-16(8-10-18)19-13-28-22(27)29-21(19)17-6-3-11-30(14-17)20(31)12-15-4-1-2-5-15/h7-10,13,15,17H,1-6,11-12,14H2,(H2,27,28,29)/t17-/m0/s1. The third-order valence-electron chi connectivity index (χ3n) is 6.46. The van der Waals surface area contributed by atoms with Gasteiger partial charge < -0.3 is 10.6 Å². The largest absolute Gasteiger partial charge is 0.416 e. The predicted octanol–water partition coefficient (Wildman–Crippen LogP) is 5.03. The Balaban J connectivity index is 1.56. The van der Waals surface area contributed by atoms with Crippen LogP contribution in [0.25, 0.3) is 11.1 Å². The molecule has 1 aliphatic heterocycles. The van der Waals surface area contributed by atoms with Gasteiger partial charge in [-0.15, -0.1) is 0 Å². The van der Waals surface area contributed by atoms with Gasteiger partial charge in [0.05, 0.1) is 11.3 Å². The number of amides is 1. The molecular formula is C23H27F3N4O. The summed E-state index contributed by atoms with van der Waals surface area (Å²) in [5.74, 6) is 0.781. The Morgan fingerprint density at radius 2 is 1.81 bits per heavy atom. The second kappa shape index (κ2) is 8.85. The lowest BCUT2D eigenvalue weighted by Crippen LogP contribution is -2.40. The fourth-order valence-corrected chi connectivity index (χ4v) is 4.80. The molecule has 2 N–H and O–H groups in total. The molecule has 31 heavy (non-hydrogen) atoms. The first-order valence-corrected chi connectivity index (χ1v) is 10.9. The van der Waals surface area contributed by atoms with Crippen molar-refractivity contribution in [3.05, 3.63) is 41.7 Å². The Morgan fingerprint density at radius 3 is 2.48 bits per heavy atom. The lowest BCUT2D eigenvalue weighted by atomic mass is 9.89. The van der Waals surface area contributed by atoms with Gasteiger partial charge in [-0.05, 0) is 49.3 Å². The Bertz CT molecular complexity index is 923. The summed E-state index contributed by atoms with van der Waals surface area (Å²) in [6, 6.07) is 5.00. The molecule has 1 amide bonds. The Kier molecular flexibility index (Phi) is 6.16. The van der Waals surface area contributed by atoms with E-state index in [0.717, 1.165) is 44.4 Å². The van der Waals surface area contributed by atoms with Crippen molar-refractivity contribution in [2.45, 2.75) is 57.0 Å².